The highest BCUT2D eigenvalue weighted by molar-refractivity contribution is 6.51. The van der Waals surface area contributed by atoms with E-state index in [4.69, 9.17) is 25.8 Å². The minimum atomic E-state index is -0.961. The zero-order chi connectivity index (χ0) is 28.2. The number of aliphatic hydroxyl groups excluding tert-OH is 1. The number of ketones is 1. The van der Waals surface area contributed by atoms with E-state index in [1.54, 1.807) is 92.0 Å². The Bertz CT molecular complexity index is 1570. The van der Waals surface area contributed by atoms with Crippen molar-refractivity contribution in [2.45, 2.75) is 12.6 Å². The van der Waals surface area contributed by atoms with Crippen molar-refractivity contribution in [1.82, 2.24) is 4.98 Å². The molecular formula is C31H25ClN2O6. The van der Waals surface area contributed by atoms with E-state index in [2.05, 4.69) is 4.98 Å². The number of amides is 1. The number of anilines is 1. The van der Waals surface area contributed by atoms with Gasteiger partial charge >= 0.3 is 5.91 Å². The van der Waals surface area contributed by atoms with Crippen LogP contribution in [0.1, 0.15) is 22.7 Å². The molecule has 1 aliphatic rings. The lowest BCUT2D eigenvalue weighted by molar-refractivity contribution is -0.132. The first-order chi connectivity index (χ1) is 19.4. The number of methoxy groups -OCH3 is 2. The summed E-state index contributed by atoms with van der Waals surface area (Å²) < 4.78 is 16.7. The Morgan fingerprint density at radius 2 is 1.65 bits per heavy atom. The number of benzene rings is 3. The van der Waals surface area contributed by atoms with Crippen LogP contribution in [0.2, 0.25) is 5.02 Å². The molecule has 8 nitrogen and oxygen atoms in total. The van der Waals surface area contributed by atoms with Crippen molar-refractivity contribution in [2.24, 2.45) is 0 Å². The molecule has 1 amide bonds. The third kappa shape index (κ3) is 5.21. The van der Waals surface area contributed by atoms with Crippen molar-refractivity contribution in [2.75, 3.05) is 19.1 Å². The van der Waals surface area contributed by atoms with Crippen LogP contribution in [-0.4, -0.2) is 36.0 Å². The number of carbonyl (C=O) groups excluding carboxylic acids is 2. The molecule has 0 aliphatic carbocycles. The molecule has 202 valence electrons. The summed E-state index contributed by atoms with van der Waals surface area (Å²) in [6.07, 6.45) is 1.54. The number of carbonyl (C=O) groups is 2. The van der Waals surface area contributed by atoms with Crippen molar-refractivity contribution in [1.29, 1.82) is 0 Å². The zero-order valence-corrected chi connectivity index (χ0v) is 22.5. The van der Waals surface area contributed by atoms with Crippen LogP contribution in [0.5, 0.6) is 17.2 Å². The molecule has 0 spiro atoms. The maximum atomic E-state index is 13.4. The van der Waals surface area contributed by atoms with E-state index in [0.29, 0.717) is 39.0 Å². The van der Waals surface area contributed by atoms with E-state index in [9.17, 15) is 14.7 Å². The van der Waals surface area contributed by atoms with Crippen molar-refractivity contribution in [3.8, 4) is 17.2 Å². The lowest BCUT2D eigenvalue weighted by Crippen LogP contribution is -2.30. The van der Waals surface area contributed by atoms with E-state index in [0.717, 1.165) is 0 Å². The standard InChI is InChI=1S/C31H25ClN2O6/c1-38-23-11-6-19(7-12-23)29(35)27-28(34(31(37)30(27)36)26-5-3-4-16-33-26)20-8-15-25(39-2)21(17-20)18-40-24-13-9-22(32)10-14-24/h3-17,28,35H,18H2,1-2H3/t28-/m1/s1. The molecule has 1 saturated heterocycles. The molecular weight excluding hydrogens is 532 g/mol. The van der Waals surface area contributed by atoms with Gasteiger partial charge in [-0.15, -0.1) is 0 Å². The van der Waals surface area contributed by atoms with Gasteiger partial charge in [0.2, 0.25) is 0 Å². The van der Waals surface area contributed by atoms with Gasteiger partial charge in [0.05, 0.1) is 25.8 Å². The van der Waals surface area contributed by atoms with Gasteiger partial charge in [0.1, 0.15) is 35.4 Å². The molecule has 1 N–H and O–H groups in total. The molecule has 0 bridgehead atoms. The summed E-state index contributed by atoms with van der Waals surface area (Å²) in [5, 5.41) is 12.0. The Hall–Kier alpha value is -4.82. The quantitative estimate of drug-likeness (QED) is 0.162. The van der Waals surface area contributed by atoms with Crippen molar-refractivity contribution < 1.29 is 28.9 Å². The number of aromatic nitrogens is 1. The first kappa shape index (κ1) is 26.8. The molecule has 9 heteroatoms. The summed E-state index contributed by atoms with van der Waals surface area (Å²) in [6.45, 7) is 0.139. The number of Topliss-reactive ketones (excluding diaryl/α,β-unsaturated/α-hetero) is 1. The predicted molar refractivity (Wildman–Crippen MR) is 151 cm³/mol. The van der Waals surface area contributed by atoms with Crippen LogP contribution < -0.4 is 19.1 Å². The normalized spacial score (nSPS) is 16.2. The van der Waals surface area contributed by atoms with Gasteiger partial charge in [-0.3, -0.25) is 14.5 Å². The maximum Gasteiger partial charge on any atom is 0.301 e. The Labute approximate surface area is 236 Å². The second-order valence-electron chi connectivity index (χ2n) is 8.90. The topological polar surface area (TPSA) is 98.2 Å². The molecule has 1 atom stereocenters. The van der Waals surface area contributed by atoms with E-state index >= 15 is 0 Å². The fraction of sp³-hybridized carbons (Fsp3) is 0.129. The maximum absolute atomic E-state index is 13.4. The highest BCUT2D eigenvalue weighted by atomic mass is 35.5. The molecule has 0 unspecified atom stereocenters. The molecule has 2 heterocycles. The minimum Gasteiger partial charge on any atom is -0.507 e. The number of nitrogens with zero attached hydrogens (tertiary/aromatic N) is 2. The molecule has 40 heavy (non-hydrogen) atoms. The largest absolute Gasteiger partial charge is 0.507 e. The molecule has 5 rings (SSSR count). The SMILES string of the molecule is COc1ccc(C(O)=C2C(=O)C(=O)N(c3ccccn3)[C@@H]2c2ccc(OC)c(COc3ccc(Cl)cc3)c2)cc1. The Balaban J connectivity index is 1.62. The van der Waals surface area contributed by atoms with E-state index in [-0.39, 0.29) is 23.8 Å². The fourth-order valence-corrected chi connectivity index (χ4v) is 4.68. The summed E-state index contributed by atoms with van der Waals surface area (Å²) in [5.41, 5.74) is 1.54. The van der Waals surface area contributed by atoms with Gasteiger partial charge in [0.25, 0.3) is 5.78 Å². The molecule has 1 aromatic heterocycles. The number of hydrogen-bond donors (Lipinski definition) is 1. The van der Waals surface area contributed by atoms with E-state index < -0.39 is 17.7 Å². The zero-order valence-electron chi connectivity index (χ0n) is 21.7. The average molecular weight is 557 g/mol. The van der Waals surface area contributed by atoms with Gasteiger partial charge in [-0.25, -0.2) is 4.98 Å². The van der Waals surface area contributed by atoms with Crippen LogP contribution in [0.4, 0.5) is 5.82 Å². The number of halogens is 1. The summed E-state index contributed by atoms with van der Waals surface area (Å²) in [5.74, 6) is 0.103. The number of aliphatic hydroxyl groups is 1. The second-order valence-corrected chi connectivity index (χ2v) is 9.34. The molecule has 3 aromatic carbocycles. The molecule has 4 aromatic rings. The monoisotopic (exact) mass is 556 g/mol. The first-order valence-electron chi connectivity index (χ1n) is 12.3. The third-order valence-electron chi connectivity index (χ3n) is 6.53. The highest BCUT2D eigenvalue weighted by Gasteiger charge is 2.47. The van der Waals surface area contributed by atoms with Gasteiger partial charge in [0, 0.05) is 22.3 Å². The highest BCUT2D eigenvalue weighted by Crippen LogP contribution is 2.42. The van der Waals surface area contributed by atoms with Crippen molar-refractivity contribution in [3.05, 3.63) is 118 Å². The molecule has 0 saturated carbocycles. The van der Waals surface area contributed by atoms with Crippen LogP contribution in [0.3, 0.4) is 0 Å². The van der Waals surface area contributed by atoms with Crippen LogP contribution in [0.15, 0.2) is 96.7 Å². The molecule has 1 fully saturated rings. The van der Waals surface area contributed by atoms with Crippen molar-refractivity contribution in [3.63, 3.8) is 0 Å². The summed E-state index contributed by atoms with van der Waals surface area (Å²) in [4.78, 5) is 32.4. The summed E-state index contributed by atoms with van der Waals surface area (Å²) in [7, 11) is 3.08. The van der Waals surface area contributed by atoms with Gasteiger partial charge in [-0.1, -0.05) is 23.7 Å². The molecule has 1 aliphatic heterocycles. The number of ether oxygens (including phenoxy) is 3. The smallest absolute Gasteiger partial charge is 0.301 e. The Morgan fingerprint density at radius 3 is 2.30 bits per heavy atom. The number of pyridine rings is 1. The van der Waals surface area contributed by atoms with Gasteiger partial charge in [-0.2, -0.15) is 0 Å². The van der Waals surface area contributed by atoms with Gasteiger partial charge < -0.3 is 19.3 Å². The van der Waals surface area contributed by atoms with Crippen LogP contribution in [0.25, 0.3) is 5.76 Å². The fourth-order valence-electron chi connectivity index (χ4n) is 4.56. The Kier molecular flexibility index (Phi) is 7.70. The summed E-state index contributed by atoms with van der Waals surface area (Å²) >= 11 is 5.98. The van der Waals surface area contributed by atoms with E-state index in [1.165, 1.54) is 18.2 Å². The Morgan fingerprint density at radius 1 is 0.925 bits per heavy atom. The average Bonchev–Trinajstić information content (AvgIpc) is 3.26. The second kappa shape index (κ2) is 11.5. The van der Waals surface area contributed by atoms with Gasteiger partial charge in [0.15, 0.2) is 0 Å². The van der Waals surface area contributed by atoms with Crippen LogP contribution in [0, 0.1) is 0 Å². The predicted octanol–water partition coefficient (Wildman–Crippen LogP) is 5.96. The molecule has 0 radical (unpaired) electrons. The van der Waals surface area contributed by atoms with E-state index in [1.807, 2.05) is 0 Å². The minimum absolute atomic E-state index is 0.0597. The van der Waals surface area contributed by atoms with Crippen LogP contribution in [-0.2, 0) is 16.2 Å². The summed E-state index contributed by atoms with van der Waals surface area (Å²) in [6, 6.07) is 22.9. The van der Waals surface area contributed by atoms with Gasteiger partial charge in [-0.05, 0) is 78.4 Å². The number of hydrogen-bond acceptors (Lipinski definition) is 7. The van der Waals surface area contributed by atoms with Crippen LogP contribution >= 0.6 is 11.6 Å². The first-order valence-corrected chi connectivity index (χ1v) is 12.7. The lowest BCUT2D eigenvalue weighted by atomic mass is 9.94. The lowest BCUT2D eigenvalue weighted by Gasteiger charge is -2.25. The third-order valence-corrected chi connectivity index (χ3v) is 6.78. The van der Waals surface area contributed by atoms with Crippen molar-refractivity contribution >= 4 is 34.9 Å². The number of rotatable bonds is 8.